The van der Waals surface area contributed by atoms with Crippen molar-refractivity contribution in [3.8, 4) is 11.9 Å². The van der Waals surface area contributed by atoms with E-state index in [9.17, 15) is 13.2 Å². The molecule has 4 aromatic rings. The van der Waals surface area contributed by atoms with Gasteiger partial charge in [0, 0.05) is 29.6 Å². The molecule has 178 valence electrons. The van der Waals surface area contributed by atoms with E-state index in [0.29, 0.717) is 11.3 Å². The van der Waals surface area contributed by atoms with Crippen LogP contribution in [0.2, 0.25) is 0 Å². The molecule has 3 aromatic carbocycles. The number of allylic oxidation sites excluding steroid dienone is 1. The minimum atomic E-state index is -3.92. The molecule has 1 heterocycles. The predicted octanol–water partition coefficient (Wildman–Crippen LogP) is 4.26. The summed E-state index contributed by atoms with van der Waals surface area (Å²) in [6, 6.07) is 20.7. The Balaban J connectivity index is 1.41. The van der Waals surface area contributed by atoms with Crippen molar-refractivity contribution in [3.63, 3.8) is 0 Å². The number of sulfonamides is 1. The summed E-state index contributed by atoms with van der Waals surface area (Å²) in [5, 5.41) is 5.02. The van der Waals surface area contributed by atoms with E-state index in [0.717, 1.165) is 10.8 Å². The van der Waals surface area contributed by atoms with Crippen LogP contribution in [0.25, 0.3) is 10.8 Å². The minimum Gasteiger partial charge on any atom is -0.481 e. The topological polar surface area (TPSA) is 120 Å². The first-order valence-corrected chi connectivity index (χ1v) is 11.9. The van der Waals surface area contributed by atoms with Crippen molar-refractivity contribution >= 4 is 38.1 Å². The van der Waals surface area contributed by atoms with Crippen molar-refractivity contribution in [1.82, 2.24) is 9.97 Å². The zero-order chi connectivity index (χ0) is 24.8. The highest BCUT2D eigenvalue weighted by atomic mass is 32.2. The number of hydrogen-bond acceptors (Lipinski definition) is 8. The number of fused-ring (bicyclic) bond motifs is 1. The van der Waals surface area contributed by atoms with Crippen LogP contribution in [0.4, 0.5) is 11.5 Å². The molecule has 0 spiro atoms. The fraction of sp³-hybridized carbons (Fsp3) is 0.0800. The molecule has 0 bridgehead atoms. The number of carbonyl (C=O) groups excluding carboxylic acids is 1. The van der Waals surface area contributed by atoms with Crippen LogP contribution in [0.5, 0.6) is 11.9 Å². The van der Waals surface area contributed by atoms with Crippen LogP contribution in [0.1, 0.15) is 10.4 Å². The van der Waals surface area contributed by atoms with E-state index in [-0.39, 0.29) is 28.4 Å². The number of anilines is 2. The first-order chi connectivity index (χ1) is 16.9. The minimum absolute atomic E-state index is 0.00559. The van der Waals surface area contributed by atoms with E-state index in [4.69, 9.17) is 9.47 Å². The van der Waals surface area contributed by atoms with Crippen molar-refractivity contribution < 1.29 is 22.7 Å². The lowest BCUT2D eigenvalue weighted by Crippen LogP contribution is -2.14. The maximum Gasteiger partial charge on any atom is 0.321 e. The molecule has 0 amide bonds. The maximum atomic E-state index is 12.7. The predicted molar refractivity (Wildman–Crippen MR) is 133 cm³/mol. The average molecular weight is 491 g/mol. The van der Waals surface area contributed by atoms with Gasteiger partial charge in [-0.1, -0.05) is 36.4 Å². The fourth-order valence-corrected chi connectivity index (χ4v) is 4.22. The summed E-state index contributed by atoms with van der Waals surface area (Å²) in [5.41, 5.74) is 1.18. The molecule has 10 heteroatoms. The molecule has 0 aliphatic rings. The van der Waals surface area contributed by atoms with E-state index in [1.54, 1.807) is 18.2 Å². The van der Waals surface area contributed by atoms with E-state index in [1.165, 1.54) is 44.7 Å². The number of nitrogens with zero attached hydrogens (tertiary/aromatic N) is 2. The van der Waals surface area contributed by atoms with Gasteiger partial charge in [-0.15, -0.1) is 0 Å². The molecule has 2 N–H and O–H groups in total. The van der Waals surface area contributed by atoms with Crippen LogP contribution in [0, 0.1) is 0 Å². The summed E-state index contributed by atoms with van der Waals surface area (Å²) in [4.78, 5) is 20.4. The third kappa shape index (κ3) is 5.74. The molecule has 0 saturated heterocycles. The standard InChI is InChI=1S/C25H22N4O5S/c1-33-24-16-23(27-25(28-24)34-2)29-35(31,32)21-11-9-20(10-12-21)26-14-13-22(30)19-8-7-17-5-3-4-6-18(17)15-19/h3-16,26H,1-2H3,(H,27,28,29)/b14-13+. The number of aromatic nitrogens is 2. The van der Waals surface area contributed by atoms with Gasteiger partial charge in [0.15, 0.2) is 11.6 Å². The SMILES string of the molecule is COc1cc(NS(=O)(=O)c2ccc(N/C=C/C(=O)c3ccc4ccccc4c3)cc2)nc(OC)n1. The van der Waals surface area contributed by atoms with E-state index >= 15 is 0 Å². The molecule has 35 heavy (non-hydrogen) atoms. The van der Waals surface area contributed by atoms with Gasteiger partial charge in [0.05, 0.1) is 19.1 Å². The molecule has 4 rings (SSSR count). The van der Waals surface area contributed by atoms with Crippen LogP contribution >= 0.6 is 0 Å². The third-order valence-electron chi connectivity index (χ3n) is 5.00. The van der Waals surface area contributed by atoms with Gasteiger partial charge in [0.1, 0.15) is 0 Å². The van der Waals surface area contributed by atoms with Crippen molar-refractivity contribution in [2.24, 2.45) is 0 Å². The number of benzene rings is 3. The normalized spacial score (nSPS) is 11.4. The van der Waals surface area contributed by atoms with Crippen molar-refractivity contribution in [1.29, 1.82) is 0 Å². The molecule has 0 aliphatic heterocycles. The average Bonchev–Trinajstić information content (AvgIpc) is 2.88. The summed E-state index contributed by atoms with van der Waals surface area (Å²) in [7, 11) is -1.16. The smallest absolute Gasteiger partial charge is 0.321 e. The van der Waals surface area contributed by atoms with Crippen LogP contribution in [-0.4, -0.2) is 38.4 Å². The molecule has 0 atom stereocenters. The zero-order valence-electron chi connectivity index (χ0n) is 18.9. The molecule has 1 aromatic heterocycles. The number of methoxy groups -OCH3 is 2. The number of ketones is 1. The number of carbonyl (C=O) groups is 1. The summed E-state index contributed by atoms with van der Waals surface area (Å²) >= 11 is 0. The second-order valence-electron chi connectivity index (χ2n) is 7.32. The highest BCUT2D eigenvalue weighted by Crippen LogP contribution is 2.22. The van der Waals surface area contributed by atoms with Crippen LogP contribution < -0.4 is 19.5 Å². The van der Waals surface area contributed by atoms with Gasteiger partial charge in [-0.05, 0) is 41.1 Å². The Morgan fingerprint density at radius 1 is 0.886 bits per heavy atom. The van der Waals surface area contributed by atoms with Gasteiger partial charge in [0.25, 0.3) is 10.0 Å². The van der Waals surface area contributed by atoms with Crippen molar-refractivity contribution in [2.45, 2.75) is 4.90 Å². The zero-order valence-corrected chi connectivity index (χ0v) is 19.7. The largest absolute Gasteiger partial charge is 0.481 e. The number of rotatable bonds is 9. The highest BCUT2D eigenvalue weighted by Gasteiger charge is 2.16. The third-order valence-corrected chi connectivity index (χ3v) is 6.37. The summed E-state index contributed by atoms with van der Waals surface area (Å²) in [6.45, 7) is 0. The van der Waals surface area contributed by atoms with Crippen LogP contribution in [-0.2, 0) is 10.0 Å². The molecule has 0 fully saturated rings. The molecular formula is C25H22N4O5S. The second kappa shape index (κ2) is 10.2. The molecule has 0 saturated carbocycles. The van der Waals surface area contributed by atoms with Gasteiger partial charge in [0.2, 0.25) is 5.88 Å². The second-order valence-corrected chi connectivity index (χ2v) is 9.00. The Morgan fingerprint density at radius 3 is 2.34 bits per heavy atom. The Hall–Kier alpha value is -4.44. The Kier molecular flexibility index (Phi) is 6.93. The molecular weight excluding hydrogens is 468 g/mol. The lowest BCUT2D eigenvalue weighted by Gasteiger charge is -2.10. The lowest BCUT2D eigenvalue weighted by atomic mass is 10.0. The van der Waals surface area contributed by atoms with Gasteiger partial charge in [-0.2, -0.15) is 9.97 Å². The number of ether oxygens (including phenoxy) is 2. The number of hydrogen-bond donors (Lipinski definition) is 2. The van der Waals surface area contributed by atoms with E-state index < -0.39 is 10.0 Å². The van der Waals surface area contributed by atoms with E-state index in [2.05, 4.69) is 20.0 Å². The first kappa shape index (κ1) is 23.7. The molecule has 0 radical (unpaired) electrons. The number of nitrogens with one attached hydrogen (secondary N) is 2. The van der Waals surface area contributed by atoms with E-state index in [1.807, 2.05) is 36.4 Å². The lowest BCUT2D eigenvalue weighted by molar-refractivity contribution is 0.104. The fourth-order valence-electron chi connectivity index (χ4n) is 3.23. The summed E-state index contributed by atoms with van der Waals surface area (Å²) < 4.78 is 37.8. The van der Waals surface area contributed by atoms with Gasteiger partial charge >= 0.3 is 6.01 Å². The molecule has 0 unspecified atom stereocenters. The maximum absolute atomic E-state index is 12.7. The van der Waals surface area contributed by atoms with Crippen LogP contribution in [0.15, 0.2) is 90.0 Å². The Morgan fingerprint density at radius 2 is 1.63 bits per heavy atom. The van der Waals surface area contributed by atoms with Gasteiger partial charge in [-0.3, -0.25) is 9.52 Å². The monoisotopic (exact) mass is 490 g/mol. The summed E-state index contributed by atoms with van der Waals surface area (Å²) in [6.07, 6.45) is 2.94. The first-order valence-electron chi connectivity index (χ1n) is 10.4. The molecule has 0 aliphatic carbocycles. The summed E-state index contributed by atoms with van der Waals surface area (Å²) in [5.74, 6) is 0.00696. The van der Waals surface area contributed by atoms with Gasteiger partial charge < -0.3 is 14.8 Å². The van der Waals surface area contributed by atoms with Crippen molar-refractivity contribution in [2.75, 3.05) is 24.3 Å². The Labute approximate surface area is 202 Å². The van der Waals surface area contributed by atoms with Crippen LogP contribution in [0.3, 0.4) is 0 Å². The molecule has 9 nitrogen and oxygen atoms in total. The highest BCUT2D eigenvalue weighted by molar-refractivity contribution is 7.92. The van der Waals surface area contributed by atoms with Gasteiger partial charge in [-0.25, -0.2) is 8.42 Å². The quantitative estimate of drug-likeness (QED) is 0.264. The van der Waals surface area contributed by atoms with Crippen molar-refractivity contribution in [3.05, 3.63) is 90.6 Å². The Bertz CT molecular complexity index is 1480.